The summed E-state index contributed by atoms with van der Waals surface area (Å²) >= 11 is 0. The summed E-state index contributed by atoms with van der Waals surface area (Å²) in [5.41, 5.74) is 0. The van der Waals surface area contributed by atoms with Gasteiger partial charge in [0.15, 0.2) is 0 Å². The zero-order chi connectivity index (χ0) is 13.4. The van der Waals surface area contributed by atoms with Gasteiger partial charge in [-0.3, -0.25) is 0 Å². The van der Waals surface area contributed by atoms with E-state index >= 15 is 0 Å². The van der Waals surface area contributed by atoms with Crippen molar-refractivity contribution in [3.05, 3.63) is 18.2 Å². The van der Waals surface area contributed by atoms with Crippen LogP contribution < -0.4 is 5.32 Å². The van der Waals surface area contributed by atoms with Gasteiger partial charge >= 0.3 is 0 Å². The predicted molar refractivity (Wildman–Crippen MR) is 77.9 cm³/mol. The Morgan fingerprint density at radius 3 is 2.61 bits per heavy atom. The molecule has 0 spiro atoms. The Kier molecular flexibility index (Phi) is 7.02. The summed E-state index contributed by atoms with van der Waals surface area (Å²) in [6.07, 6.45) is 8.76. The second-order valence-electron chi connectivity index (χ2n) is 5.50. The van der Waals surface area contributed by atoms with Crippen molar-refractivity contribution in [1.29, 1.82) is 0 Å². The molecule has 0 fully saturated rings. The highest BCUT2D eigenvalue weighted by Gasteiger charge is 2.13. The second-order valence-corrected chi connectivity index (χ2v) is 5.50. The zero-order valence-electron chi connectivity index (χ0n) is 12.4. The van der Waals surface area contributed by atoms with E-state index in [2.05, 4.69) is 48.8 Å². The van der Waals surface area contributed by atoms with E-state index in [1.165, 1.54) is 18.7 Å². The van der Waals surface area contributed by atoms with E-state index < -0.39 is 0 Å². The van der Waals surface area contributed by atoms with Crippen molar-refractivity contribution in [1.82, 2.24) is 14.9 Å². The summed E-state index contributed by atoms with van der Waals surface area (Å²) in [5, 5.41) is 3.58. The highest BCUT2D eigenvalue weighted by atomic mass is 15.1. The van der Waals surface area contributed by atoms with Crippen LogP contribution in [0.1, 0.15) is 58.8 Å². The Hall–Kier alpha value is -0.830. The van der Waals surface area contributed by atoms with Crippen LogP contribution in [0.25, 0.3) is 0 Å². The van der Waals surface area contributed by atoms with Gasteiger partial charge in [-0.1, -0.05) is 34.1 Å². The largest absolute Gasteiger partial charge is 0.331 e. The molecule has 0 aliphatic heterocycles. The third kappa shape index (κ3) is 4.81. The van der Waals surface area contributed by atoms with Gasteiger partial charge in [0.05, 0.1) is 0 Å². The maximum absolute atomic E-state index is 4.49. The lowest BCUT2D eigenvalue weighted by Crippen LogP contribution is -2.29. The molecule has 1 aromatic rings. The molecule has 3 heteroatoms. The van der Waals surface area contributed by atoms with Gasteiger partial charge in [-0.2, -0.15) is 0 Å². The molecular weight excluding hydrogens is 222 g/mol. The predicted octanol–water partition coefficient (Wildman–Crippen LogP) is 3.42. The van der Waals surface area contributed by atoms with E-state index in [9.17, 15) is 0 Å². The average molecular weight is 251 g/mol. The number of imidazole rings is 1. The first-order valence-corrected chi connectivity index (χ1v) is 7.41. The number of rotatable bonds is 9. The number of nitrogens with one attached hydrogen (secondary N) is 1. The average Bonchev–Trinajstić information content (AvgIpc) is 2.76. The van der Waals surface area contributed by atoms with Crippen molar-refractivity contribution >= 4 is 0 Å². The smallest absolute Gasteiger partial charge is 0.108 e. The maximum Gasteiger partial charge on any atom is 0.108 e. The third-order valence-electron chi connectivity index (χ3n) is 3.17. The summed E-state index contributed by atoms with van der Waals surface area (Å²) in [7, 11) is 0. The Labute approximate surface area is 112 Å². The van der Waals surface area contributed by atoms with E-state index in [1.807, 2.05) is 6.20 Å². The Bertz CT molecular complexity index is 317. The molecule has 1 heterocycles. The van der Waals surface area contributed by atoms with Gasteiger partial charge in [-0.25, -0.2) is 4.98 Å². The highest BCUT2D eigenvalue weighted by Crippen LogP contribution is 2.16. The summed E-state index contributed by atoms with van der Waals surface area (Å²) in [4.78, 5) is 4.49. The van der Waals surface area contributed by atoms with Gasteiger partial charge in [0, 0.05) is 31.4 Å². The monoisotopic (exact) mass is 251 g/mol. The normalized spacial score (nSPS) is 13.2. The minimum Gasteiger partial charge on any atom is -0.331 e. The fourth-order valence-corrected chi connectivity index (χ4v) is 2.30. The van der Waals surface area contributed by atoms with Gasteiger partial charge in [0.1, 0.15) is 5.82 Å². The van der Waals surface area contributed by atoms with Gasteiger partial charge in [-0.05, 0) is 25.3 Å². The number of aryl methyl sites for hydroxylation is 1. The molecule has 0 aliphatic rings. The Morgan fingerprint density at radius 1 is 1.22 bits per heavy atom. The molecule has 0 saturated carbocycles. The van der Waals surface area contributed by atoms with Crippen molar-refractivity contribution < 1.29 is 0 Å². The highest BCUT2D eigenvalue weighted by molar-refractivity contribution is 4.96. The molecule has 3 nitrogen and oxygen atoms in total. The fourth-order valence-electron chi connectivity index (χ4n) is 2.30. The van der Waals surface area contributed by atoms with Crippen LogP contribution in [0.5, 0.6) is 0 Å². The Balaban J connectivity index is 2.61. The molecule has 0 aromatic carbocycles. The van der Waals surface area contributed by atoms with E-state index in [0.717, 1.165) is 25.9 Å². The van der Waals surface area contributed by atoms with Crippen molar-refractivity contribution in [3.8, 4) is 0 Å². The quantitative estimate of drug-likeness (QED) is 0.729. The number of aromatic nitrogens is 2. The number of nitrogens with zero attached hydrogens (tertiary/aromatic N) is 2. The Morgan fingerprint density at radius 2 is 2.00 bits per heavy atom. The summed E-state index contributed by atoms with van der Waals surface area (Å²) in [6.45, 7) is 11.1. The minimum atomic E-state index is 0.554. The first-order valence-electron chi connectivity index (χ1n) is 7.41. The summed E-state index contributed by atoms with van der Waals surface area (Å²) in [5.74, 6) is 1.95. The lowest BCUT2D eigenvalue weighted by Gasteiger charge is -2.21. The van der Waals surface area contributed by atoms with Crippen LogP contribution in [0.3, 0.4) is 0 Å². The lowest BCUT2D eigenvalue weighted by molar-refractivity contribution is 0.403. The van der Waals surface area contributed by atoms with Crippen molar-refractivity contribution in [2.45, 2.75) is 59.4 Å². The van der Waals surface area contributed by atoms with E-state index in [1.54, 1.807) is 0 Å². The lowest BCUT2D eigenvalue weighted by atomic mass is 10.1. The molecule has 18 heavy (non-hydrogen) atoms. The first kappa shape index (κ1) is 15.2. The molecule has 1 N–H and O–H groups in total. The molecule has 0 amide bonds. The summed E-state index contributed by atoms with van der Waals surface area (Å²) in [6, 6.07) is 0.554. The number of hydrogen-bond acceptors (Lipinski definition) is 2. The topological polar surface area (TPSA) is 29.9 Å². The molecule has 1 unspecified atom stereocenters. The van der Waals surface area contributed by atoms with Crippen LogP contribution in [0.15, 0.2) is 12.4 Å². The third-order valence-corrected chi connectivity index (χ3v) is 3.17. The standard InChI is InChI=1S/C15H29N3/c1-5-7-14(12-16-11-13(3)4)18-10-9-17-15(18)8-6-2/h9-10,13-14,16H,5-8,11-12H2,1-4H3. The molecule has 0 saturated heterocycles. The van der Waals surface area contributed by atoms with Gasteiger partial charge in [0.25, 0.3) is 0 Å². The van der Waals surface area contributed by atoms with Crippen LogP contribution in [-0.4, -0.2) is 22.6 Å². The molecule has 0 radical (unpaired) electrons. The van der Waals surface area contributed by atoms with Crippen LogP contribution in [0.4, 0.5) is 0 Å². The van der Waals surface area contributed by atoms with Gasteiger partial charge < -0.3 is 9.88 Å². The minimum absolute atomic E-state index is 0.554. The molecular formula is C15H29N3. The molecule has 0 aliphatic carbocycles. The van der Waals surface area contributed by atoms with Gasteiger partial charge in [0.2, 0.25) is 0 Å². The molecule has 1 aromatic heterocycles. The van der Waals surface area contributed by atoms with Crippen LogP contribution in [-0.2, 0) is 6.42 Å². The van der Waals surface area contributed by atoms with Gasteiger partial charge in [-0.15, -0.1) is 0 Å². The van der Waals surface area contributed by atoms with Crippen LogP contribution >= 0.6 is 0 Å². The van der Waals surface area contributed by atoms with E-state index in [-0.39, 0.29) is 0 Å². The molecule has 0 bridgehead atoms. The van der Waals surface area contributed by atoms with Crippen molar-refractivity contribution in [3.63, 3.8) is 0 Å². The SMILES string of the molecule is CCCc1nccn1C(CCC)CNCC(C)C. The summed E-state index contributed by atoms with van der Waals surface area (Å²) < 4.78 is 2.38. The number of hydrogen-bond donors (Lipinski definition) is 1. The van der Waals surface area contributed by atoms with Crippen LogP contribution in [0.2, 0.25) is 0 Å². The second kappa shape index (κ2) is 8.30. The maximum atomic E-state index is 4.49. The fraction of sp³-hybridized carbons (Fsp3) is 0.800. The van der Waals surface area contributed by atoms with E-state index in [4.69, 9.17) is 0 Å². The van der Waals surface area contributed by atoms with Crippen LogP contribution in [0, 0.1) is 5.92 Å². The first-order chi connectivity index (χ1) is 8.69. The van der Waals surface area contributed by atoms with Crippen molar-refractivity contribution in [2.75, 3.05) is 13.1 Å². The van der Waals surface area contributed by atoms with E-state index in [0.29, 0.717) is 12.0 Å². The van der Waals surface area contributed by atoms with Crippen molar-refractivity contribution in [2.24, 2.45) is 5.92 Å². The molecule has 1 rings (SSSR count). The molecule has 104 valence electrons. The molecule has 1 atom stereocenters. The zero-order valence-corrected chi connectivity index (χ0v) is 12.4.